The number of hydrogen-bond acceptors (Lipinski definition) is 3. The van der Waals surface area contributed by atoms with Crippen LogP contribution in [0.4, 0.5) is 0 Å². The van der Waals surface area contributed by atoms with Gasteiger partial charge in [0.1, 0.15) is 0 Å². The summed E-state index contributed by atoms with van der Waals surface area (Å²) in [7, 11) is 0. The van der Waals surface area contributed by atoms with E-state index in [9.17, 15) is 9.59 Å². The molecule has 1 heterocycles. The summed E-state index contributed by atoms with van der Waals surface area (Å²) in [6.07, 6.45) is 15.1. The molecule has 0 saturated carbocycles. The maximum Gasteiger partial charge on any atom is 0.253 e. The molecule has 30 heavy (non-hydrogen) atoms. The Hall–Kier alpha value is -3.08. The van der Waals surface area contributed by atoms with Crippen molar-refractivity contribution in [3.8, 4) is 0 Å². The molecule has 0 atom stereocenters. The number of hydrogen-bond donors (Lipinski definition) is 2. The Morgan fingerprint density at radius 2 is 1.83 bits per heavy atom. The lowest BCUT2D eigenvalue weighted by Crippen LogP contribution is -2.38. The van der Waals surface area contributed by atoms with Gasteiger partial charge in [-0.15, -0.1) is 0 Å². The van der Waals surface area contributed by atoms with Gasteiger partial charge in [-0.1, -0.05) is 55.8 Å². The molecule has 1 aromatic carbocycles. The zero-order valence-electron chi connectivity index (χ0n) is 17.6. The van der Waals surface area contributed by atoms with E-state index in [4.69, 9.17) is 5.73 Å². The van der Waals surface area contributed by atoms with Crippen molar-refractivity contribution >= 4 is 11.8 Å². The fraction of sp³-hybridized carbons (Fsp3) is 0.360. The van der Waals surface area contributed by atoms with Crippen molar-refractivity contribution < 1.29 is 9.59 Å². The van der Waals surface area contributed by atoms with E-state index in [-0.39, 0.29) is 11.8 Å². The molecule has 2 amide bonds. The first-order chi connectivity index (χ1) is 14.6. The molecule has 5 heteroatoms. The second kappa shape index (κ2) is 13.2. The minimum atomic E-state index is -0.117. The summed E-state index contributed by atoms with van der Waals surface area (Å²) in [6, 6.07) is 9.49. The Labute approximate surface area is 180 Å². The lowest BCUT2D eigenvalue weighted by atomic mass is 9.91. The molecule has 0 spiro atoms. The number of benzene rings is 1. The molecule has 0 bridgehead atoms. The number of allylic oxidation sites excluding steroid dienone is 5. The van der Waals surface area contributed by atoms with Crippen LogP contribution in [0.3, 0.4) is 0 Å². The second-order valence-electron chi connectivity index (χ2n) is 7.48. The highest BCUT2D eigenvalue weighted by molar-refractivity contribution is 5.94. The van der Waals surface area contributed by atoms with Crippen LogP contribution >= 0.6 is 0 Å². The molecule has 1 aliphatic rings. The highest BCUT2D eigenvalue weighted by atomic mass is 16.2. The van der Waals surface area contributed by atoms with Crippen molar-refractivity contribution in [1.82, 2.24) is 10.2 Å². The predicted molar refractivity (Wildman–Crippen MR) is 123 cm³/mol. The zero-order chi connectivity index (χ0) is 21.6. The number of carbonyl (C=O) groups is 2. The topological polar surface area (TPSA) is 75.4 Å². The third-order valence-corrected chi connectivity index (χ3v) is 5.31. The standard InChI is InChI=1S/C25H33N3O2/c1-2-3-9-22(20-26)13-14-24(29)27-17-8-7-10-21-15-18-28(19-16-21)25(30)23-11-5-4-6-12-23/h2-6,9,11-14,20-21H,1,7-8,10,15-19,26H2,(H,27,29)/b9-3-,14-13+,22-20+. The van der Waals surface area contributed by atoms with E-state index in [1.807, 2.05) is 35.2 Å². The van der Waals surface area contributed by atoms with E-state index in [0.717, 1.165) is 56.3 Å². The highest BCUT2D eigenvalue weighted by Crippen LogP contribution is 2.23. The van der Waals surface area contributed by atoms with Gasteiger partial charge in [0.05, 0.1) is 0 Å². The number of unbranched alkanes of at least 4 members (excludes halogenated alkanes) is 1. The summed E-state index contributed by atoms with van der Waals surface area (Å²) in [5, 5.41) is 2.91. The first-order valence-corrected chi connectivity index (χ1v) is 10.6. The Balaban J connectivity index is 1.59. The first-order valence-electron chi connectivity index (χ1n) is 10.6. The van der Waals surface area contributed by atoms with Gasteiger partial charge in [-0.3, -0.25) is 9.59 Å². The Bertz CT molecular complexity index is 773. The number of nitrogens with zero attached hydrogens (tertiary/aromatic N) is 1. The molecule has 1 fully saturated rings. The van der Waals surface area contributed by atoms with Gasteiger partial charge in [0.2, 0.25) is 5.91 Å². The third-order valence-electron chi connectivity index (χ3n) is 5.31. The van der Waals surface area contributed by atoms with Crippen LogP contribution in [0.1, 0.15) is 42.5 Å². The van der Waals surface area contributed by atoms with Crippen LogP contribution in [-0.4, -0.2) is 36.3 Å². The largest absolute Gasteiger partial charge is 0.404 e. The van der Waals surface area contributed by atoms with Crippen LogP contribution < -0.4 is 11.1 Å². The fourth-order valence-electron chi connectivity index (χ4n) is 3.53. The summed E-state index contributed by atoms with van der Waals surface area (Å²) in [4.78, 5) is 26.3. The molecule has 0 radical (unpaired) electrons. The van der Waals surface area contributed by atoms with Crippen LogP contribution in [0.15, 0.2) is 79.1 Å². The molecule has 1 saturated heterocycles. The van der Waals surface area contributed by atoms with Gasteiger partial charge in [-0.2, -0.15) is 0 Å². The molecule has 5 nitrogen and oxygen atoms in total. The van der Waals surface area contributed by atoms with Crippen LogP contribution in [-0.2, 0) is 4.79 Å². The van der Waals surface area contributed by atoms with Gasteiger partial charge >= 0.3 is 0 Å². The van der Waals surface area contributed by atoms with E-state index < -0.39 is 0 Å². The van der Waals surface area contributed by atoms with Crippen molar-refractivity contribution in [3.63, 3.8) is 0 Å². The van der Waals surface area contributed by atoms with Crippen molar-refractivity contribution in [2.45, 2.75) is 32.1 Å². The number of likely N-dealkylation sites (tertiary alicyclic amines) is 1. The van der Waals surface area contributed by atoms with E-state index in [0.29, 0.717) is 12.5 Å². The van der Waals surface area contributed by atoms with Crippen LogP contribution in [0, 0.1) is 5.92 Å². The van der Waals surface area contributed by atoms with Gasteiger partial charge in [0, 0.05) is 37.5 Å². The lowest BCUT2D eigenvalue weighted by molar-refractivity contribution is -0.116. The summed E-state index contributed by atoms with van der Waals surface area (Å²) in [6.45, 7) is 5.93. The number of piperidine rings is 1. The Kier molecular flexibility index (Phi) is 10.2. The highest BCUT2D eigenvalue weighted by Gasteiger charge is 2.23. The molecule has 0 unspecified atom stereocenters. The van der Waals surface area contributed by atoms with Gasteiger partial charge in [-0.25, -0.2) is 0 Å². The SMILES string of the molecule is C=C\C=C/C(/C=C/C(=O)NCCCCC1CCN(C(=O)c2ccccc2)CC1)=C\N. The minimum absolute atomic E-state index is 0.117. The second-order valence-corrected chi connectivity index (χ2v) is 7.48. The first kappa shape index (κ1) is 23.2. The molecule has 0 aromatic heterocycles. The molecular weight excluding hydrogens is 374 g/mol. The molecule has 0 aliphatic carbocycles. The number of carbonyl (C=O) groups excluding carboxylic acids is 2. The predicted octanol–water partition coefficient (Wildman–Crippen LogP) is 3.97. The van der Waals surface area contributed by atoms with E-state index in [2.05, 4.69) is 11.9 Å². The average molecular weight is 408 g/mol. The average Bonchev–Trinajstić information content (AvgIpc) is 2.79. The lowest BCUT2D eigenvalue weighted by Gasteiger charge is -2.32. The maximum absolute atomic E-state index is 12.5. The number of rotatable bonds is 10. The summed E-state index contributed by atoms with van der Waals surface area (Å²) < 4.78 is 0. The Morgan fingerprint density at radius 3 is 2.50 bits per heavy atom. The van der Waals surface area contributed by atoms with E-state index in [1.54, 1.807) is 24.3 Å². The smallest absolute Gasteiger partial charge is 0.253 e. The molecule has 2 rings (SSSR count). The fourth-order valence-corrected chi connectivity index (χ4v) is 3.53. The van der Waals surface area contributed by atoms with Crippen molar-refractivity contribution in [2.75, 3.05) is 19.6 Å². The molecule has 1 aliphatic heterocycles. The number of nitrogens with one attached hydrogen (secondary N) is 1. The summed E-state index contributed by atoms with van der Waals surface area (Å²) in [5.41, 5.74) is 7.03. The van der Waals surface area contributed by atoms with Crippen molar-refractivity contribution in [3.05, 3.63) is 84.6 Å². The molecule has 1 aromatic rings. The normalized spacial score (nSPS) is 15.6. The van der Waals surface area contributed by atoms with Crippen LogP contribution in [0.2, 0.25) is 0 Å². The molecule has 3 N–H and O–H groups in total. The van der Waals surface area contributed by atoms with E-state index in [1.165, 1.54) is 12.3 Å². The van der Waals surface area contributed by atoms with Gasteiger partial charge in [0.15, 0.2) is 0 Å². The maximum atomic E-state index is 12.5. The molecular formula is C25H33N3O2. The third kappa shape index (κ3) is 8.11. The van der Waals surface area contributed by atoms with Crippen molar-refractivity contribution in [1.29, 1.82) is 0 Å². The summed E-state index contributed by atoms with van der Waals surface area (Å²) in [5.74, 6) is 0.681. The van der Waals surface area contributed by atoms with E-state index >= 15 is 0 Å². The minimum Gasteiger partial charge on any atom is -0.404 e. The van der Waals surface area contributed by atoms with Crippen LogP contribution in [0.5, 0.6) is 0 Å². The summed E-state index contributed by atoms with van der Waals surface area (Å²) >= 11 is 0. The van der Waals surface area contributed by atoms with Gasteiger partial charge in [-0.05, 0) is 49.0 Å². The van der Waals surface area contributed by atoms with Gasteiger partial charge < -0.3 is 16.0 Å². The monoisotopic (exact) mass is 407 g/mol. The Morgan fingerprint density at radius 1 is 1.10 bits per heavy atom. The van der Waals surface area contributed by atoms with Gasteiger partial charge in [0.25, 0.3) is 5.91 Å². The zero-order valence-corrected chi connectivity index (χ0v) is 17.6. The number of amides is 2. The quantitative estimate of drug-likeness (QED) is 0.350. The van der Waals surface area contributed by atoms with Crippen molar-refractivity contribution in [2.24, 2.45) is 11.7 Å². The number of nitrogens with two attached hydrogens (primary N) is 1. The van der Waals surface area contributed by atoms with Crippen LogP contribution in [0.25, 0.3) is 0 Å². The molecule has 160 valence electrons.